The van der Waals surface area contributed by atoms with E-state index in [4.69, 9.17) is 5.73 Å². The lowest BCUT2D eigenvalue weighted by molar-refractivity contribution is -0.131. The molecule has 2 rings (SSSR count). The highest BCUT2D eigenvalue weighted by molar-refractivity contribution is 7.11. The molecule has 0 aliphatic heterocycles. The monoisotopic (exact) mass is 353 g/mol. The van der Waals surface area contributed by atoms with Gasteiger partial charge in [-0.3, -0.25) is 4.79 Å². The summed E-state index contributed by atoms with van der Waals surface area (Å²) in [6.45, 7) is 2.64. The van der Waals surface area contributed by atoms with Crippen LogP contribution in [0.5, 0.6) is 0 Å². The molecular formula is C14H25Cl2N3OS. The lowest BCUT2D eigenvalue weighted by atomic mass is 9.83. The van der Waals surface area contributed by atoms with Gasteiger partial charge in [0.05, 0.1) is 11.6 Å². The zero-order valence-electron chi connectivity index (χ0n) is 12.6. The molecule has 1 aliphatic carbocycles. The summed E-state index contributed by atoms with van der Waals surface area (Å²) in [5.74, 6) is 0.570. The summed E-state index contributed by atoms with van der Waals surface area (Å²) in [4.78, 5) is 19.4. The molecule has 0 saturated heterocycles. The van der Waals surface area contributed by atoms with Crippen LogP contribution in [0.25, 0.3) is 0 Å². The molecule has 0 radical (unpaired) electrons. The molecule has 7 heteroatoms. The van der Waals surface area contributed by atoms with Crippen LogP contribution in [0, 0.1) is 12.8 Å². The molecule has 1 amide bonds. The summed E-state index contributed by atoms with van der Waals surface area (Å²) in [7, 11) is 1.87. The Morgan fingerprint density at radius 2 is 2.10 bits per heavy atom. The van der Waals surface area contributed by atoms with Gasteiger partial charge in [0.25, 0.3) is 0 Å². The minimum absolute atomic E-state index is 0. The van der Waals surface area contributed by atoms with Gasteiger partial charge in [-0.1, -0.05) is 12.8 Å². The second-order valence-corrected chi connectivity index (χ2v) is 6.83. The summed E-state index contributed by atoms with van der Waals surface area (Å²) in [5.41, 5.74) is 6.10. The van der Waals surface area contributed by atoms with Crippen LogP contribution in [-0.4, -0.2) is 28.9 Å². The fourth-order valence-electron chi connectivity index (χ4n) is 2.67. The normalized spacial score (nSPS) is 21.1. The van der Waals surface area contributed by atoms with Gasteiger partial charge >= 0.3 is 0 Å². The Hall–Kier alpha value is -0.360. The number of rotatable bonds is 4. The molecule has 0 bridgehead atoms. The van der Waals surface area contributed by atoms with Gasteiger partial charge in [0.2, 0.25) is 5.91 Å². The molecule has 2 N–H and O–H groups in total. The van der Waals surface area contributed by atoms with Gasteiger partial charge < -0.3 is 10.6 Å². The number of thiazole rings is 1. The van der Waals surface area contributed by atoms with Crippen molar-refractivity contribution in [3.63, 3.8) is 0 Å². The molecule has 2 atom stereocenters. The minimum Gasteiger partial charge on any atom is -0.341 e. The van der Waals surface area contributed by atoms with E-state index >= 15 is 0 Å². The van der Waals surface area contributed by atoms with E-state index in [1.807, 2.05) is 20.2 Å². The first kappa shape index (κ1) is 20.6. The van der Waals surface area contributed by atoms with Crippen LogP contribution in [-0.2, 0) is 11.3 Å². The van der Waals surface area contributed by atoms with Crippen molar-refractivity contribution in [3.05, 3.63) is 16.1 Å². The SMILES string of the molecule is Cc1ncc(CN(C)C(=O)CC2CCCCC2N)s1.Cl.Cl. The first-order chi connectivity index (χ1) is 9.06. The molecule has 21 heavy (non-hydrogen) atoms. The zero-order valence-corrected chi connectivity index (χ0v) is 15.0. The van der Waals surface area contributed by atoms with Gasteiger partial charge in [0.15, 0.2) is 0 Å². The highest BCUT2D eigenvalue weighted by atomic mass is 35.5. The zero-order chi connectivity index (χ0) is 13.8. The second-order valence-electron chi connectivity index (χ2n) is 5.51. The Balaban J connectivity index is 0.00000200. The van der Waals surface area contributed by atoms with E-state index < -0.39 is 0 Å². The Kier molecular flexibility index (Phi) is 9.45. The molecule has 1 aliphatic rings. The summed E-state index contributed by atoms with van der Waals surface area (Å²) in [5, 5.41) is 1.05. The van der Waals surface area contributed by atoms with Gasteiger partial charge in [-0.05, 0) is 25.7 Å². The predicted octanol–water partition coefficient (Wildman–Crippen LogP) is 3.16. The summed E-state index contributed by atoms with van der Waals surface area (Å²) in [6.07, 6.45) is 7.03. The predicted molar refractivity (Wildman–Crippen MR) is 92.4 cm³/mol. The molecule has 0 aromatic carbocycles. The second kappa shape index (κ2) is 9.62. The van der Waals surface area contributed by atoms with E-state index in [2.05, 4.69) is 4.98 Å². The number of carbonyl (C=O) groups excluding carboxylic acids is 1. The number of halogens is 2. The fraction of sp³-hybridized carbons (Fsp3) is 0.714. The third kappa shape index (κ3) is 6.10. The van der Waals surface area contributed by atoms with Gasteiger partial charge in [0, 0.05) is 30.6 Å². The van der Waals surface area contributed by atoms with Crippen molar-refractivity contribution in [2.24, 2.45) is 11.7 Å². The summed E-state index contributed by atoms with van der Waals surface area (Å²) < 4.78 is 0. The van der Waals surface area contributed by atoms with E-state index in [-0.39, 0.29) is 36.8 Å². The Morgan fingerprint density at radius 1 is 1.43 bits per heavy atom. The number of aryl methyl sites for hydroxylation is 1. The van der Waals surface area contributed by atoms with E-state index in [0.717, 1.165) is 22.7 Å². The van der Waals surface area contributed by atoms with E-state index in [1.165, 1.54) is 12.8 Å². The number of hydrogen-bond acceptors (Lipinski definition) is 4. The van der Waals surface area contributed by atoms with Crippen LogP contribution in [0.1, 0.15) is 42.0 Å². The van der Waals surface area contributed by atoms with Gasteiger partial charge in [-0.15, -0.1) is 36.2 Å². The molecular weight excluding hydrogens is 329 g/mol. The topological polar surface area (TPSA) is 59.2 Å². The first-order valence-corrected chi connectivity index (χ1v) is 7.78. The molecule has 1 aromatic rings. The molecule has 0 spiro atoms. The summed E-state index contributed by atoms with van der Waals surface area (Å²) >= 11 is 1.65. The maximum Gasteiger partial charge on any atom is 0.222 e. The van der Waals surface area contributed by atoms with Crippen molar-refractivity contribution in [2.75, 3.05) is 7.05 Å². The number of hydrogen-bond donors (Lipinski definition) is 1. The quantitative estimate of drug-likeness (QED) is 0.904. The third-order valence-electron chi connectivity index (χ3n) is 3.89. The van der Waals surface area contributed by atoms with Crippen LogP contribution in [0.15, 0.2) is 6.20 Å². The van der Waals surface area contributed by atoms with E-state index in [0.29, 0.717) is 18.9 Å². The number of carbonyl (C=O) groups is 1. The van der Waals surface area contributed by atoms with Crippen LogP contribution < -0.4 is 5.73 Å². The lowest BCUT2D eigenvalue weighted by Crippen LogP contribution is -2.37. The Morgan fingerprint density at radius 3 is 2.67 bits per heavy atom. The maximum absolute atomic E-state index is 12.2. The number of nitrogens with two attached hydrogens (primary N) is 1. The van der Waals surface area contributed by atoms with Crippen molar-refractivity contribution in [2.45, 2.75) is 51.6 Å². The van der Waals surface area contributed by atoms with Gasteiger partial charge in [0.1, 0.15) is 0 Å². The van der Waals surface area contributed by atoms with E-state index in [1.54, 1.807) is 16.2 Å². The van der Waals surface area contributed by atoms with Crippen molar-refractivity contribution >= 4 is 42.1 Å². The average Bonchev–Trinajstić information content (AvgIpc) is 2.77. The van der Waals surface area contributed by atoms with E-state index in [9.17, 15) is 4.79 Å². The fourth-order valence-corrected chi connectivity index (χ4v) is 3.52. The number of amides is 1. The molecule has 1 heterocycles. The standard InChI is InChI=1S/C14H23N3OS.2ClH/c1-10-16-8-12(19-10)9-17(2)14(18)7-11-5-3-4-6-13(11)15;;/h8,11,13H,3-7,9,15H2,1-2H3;2*1H. The van der Waals surface area contributed by atoms with Gasteiger partial charge in [-0.2, -0.15) is 0 Å². The van der Waals surface area contributed by atoms with Gasteiger partial charge in [-0.25, -0.2) is 4.98 Å². The lowest BCUT2D eigenvalue weighted by Gasteiger charge is -2.29. The van der Waals surface area contributed by atoms with Crippen molar-refractivity contribution in [3.8, 4) is 0 Å². The molecule has 4 nitrogen and oxygen atoms in total. The average molecular weight is 354 g/mol. The highest BCUT2D eigenvalue weighted by Gasteiger charge is 2.25. The Labute approximate surface area is 143 Å². The molecule has 1 aromatic heterocycles. The molecule has 1 saturated carbocycles. The smallest absolute Gasteiger partial charge is 0.222 e. The maximum atomic E-state index is 12.2. The van der Waals surface area contributed by atoms with Crippen LogP contribution in [0.4, 0.5) is 0 Å². The van der Waals surface area contributed by atoms with Crippen LogP contribution in [0.3, 0.4) is 0 Å². The van der Waals surface area contributed by atoms with Crippen molar-refractivity contribution in [1.82, 2.24) is 9.88 Å². The van der Waals surface area contributed by atoms with Crippen molar-refractivity contribution in [1.29, 1.82) is 0 Å². The minimum atomic E-state index is 0. The summed E-state index contributed by atoms with van der Waals surface area (Å²) in [6, 6.07) is 0.205. The number of nitrogens with zero attached hydrogens (tertiary/aromatic N) is 2. The van der Waals surface area contributed by atoms with Crippen LogP contribution in [0.2, 0.25) is 0 Å². The Bertz CT molecular complexity index is 442. The molecule has 2 unspecified atom stereocenters. The van der Waals surface area contributed by atoms with Crippen molar-refractivity contribution < 1.29 is 4.79 Å². The molecule has 122 valence electrons. The first-order valence-electron chi connectivity index (χ1n) is 6.97. The largest absolute Gasteiger partial charge is 0.341 e. The van der Waals surface area contributed by atoms with Crippen LogP contribution >= 0.6 is 36.2 Å². The third-order valence-corrected chi connectivity index (χ3v) is 4.79. The highest BCUT2D eigenvalue weighted by Crippen LogP contribution is 2.26. The number of aromatic nitrogens is 1. The molecule has 1 fully saturated rings.